The van der Waals surface area contributed by atoms with Gasteiger partial charge in [-0.2, -0.15) is 5.10 Å². The van der Waals surface area contributed by atoms with Gasteiger partial charge in [0.25, 0.3) is 5.91 Å². The molecule has 0 unspecified atom stereocenters. The van der Waals surface area contributed by atoms with Gasteiger partial charge >= 0.3 is 0 Å². The Bertz CT molecular complexity index is 810. The number of para-hydroxylation sites is 1. The van der Waals surface area contributed by atoms with Crippen molar-refractivity contribution in [3.63, 3.8) is 0 Å². The molecule has 0 saturated carbocycles. The van der Waals surface area contributed by atoms with Crippen LogP contribution in [0.2, 0.25) is 4.34 Å². The number of hydrogen-bond donors (Lipinski definition) is 1. The van der Waals surface area contributed by atoms with Crippen LogP contribution in [-0.2, 0) is 0 Å². The molecule has 0 saturated heterocycles. The van der Waals surface area contributed by atoms with Crippen LogP contribution in [0, 0.1) is 0 Å². The lowest BCUT2D eigenvalue weighted by atomic mass is 10.2. The second-order valence-electron chi connectivity index (χ2n) is 5.03. The largest absolute Gasteiger partial charge is 0.352 e. The van der Waals surface area contributed by atoms with E-state index in [0.29, 0.717) is 22.1 Å². The molecule has 0 aliphatic heterocycles. The number of carbonyl (C=O) groups is 1. The lowest BCUT2D eigenvalue weighted by Gasteiger charge is -2.02. The number of amides is 1. The van der Waals surface area contributed by atoms with Crippen LogP contribution in [-0.4, -0.2) is 22.2 Å². The Kier molecular flexibility index (Phi) is 4.79. The van der Waals surface area contributed by atoms with E-state index in [0.717, 1.165) is 17.0 Å². The van der Waals surface area contributed by atoms with Crippen molar-refractivity contribution >= 4 is 28.8 Å². The Morgan fingerprint density at radius 2 is 2.04 bits per heavy atom. The van der Waals surface area contributed by atoms with E-state index in [-0.39, 0.29) is 5.91 Å². The van der Waals surface area contributed by atoms with Gasteiger partial charge in [-0.3, -0.25) is 4.79 Å². The maximum absolute atomic E-state index is 12.5. The Morgan fingerprint density at radius 1 is 1.26 bits per heavy atom. The smallest absolute Gasteiger partial charge is 0.255 e. The standard InChI is InChI=1S/C17H16ClN3OS/c1-2-10-19-17(22)13-11-21(12-6-4-3-5-7-12)20-16(13)14-8-9-15(18)23-14/h3-9,11H,2,10H2,1H3,(H,19,22). The highest BCUT2D eigenvalue weighted by Gasteiger charge is 2.19. The highest BCUT2D eigenvalue weighted by Crippen LogP contribution is 2.32. The van der Waals surface area contributed by atoms with Gasteiger partial charge in [-0.25, -0.2) is 4.68 Å². The molecule has 0 aliphatic rings. The SMILES string of the molecule is CCCNC(=O)c1cn(-c2ccccc2)nc1-c1ccc(Cl)s1. The lowest BCUT2D eigenvalue weighted by molar-refractivity contribution is 0.0954. The molecule has 2 heterocycles. The zero-order chi connectivity index (χ0) is 16.2. The number of carbonyl (C=O) groups excluding carboxylic acids is 1. The molecule has 0 aliphatic carbocycles. The minimum atomic E-state index is -0.117. The minimum absolute atomic E-state index is 0.117. The van der Waals surface area contributed by atoms with E-state index in [1.54, 1.807) is 10.9 Å². The summed E-state index contributed by atoms with van der Waals surface area (Å²) in [5, 5.41) is 7.51. The highest BCUT2D eigenvalue weighted by atomic mass is 35.5. The molecule has 4 nitrogen and oxygen atoms in total. The molecule has 2 aromatic heterocycles. The number of rotatable bonds is 5. The second kappa shape index (κ2) is 6.98. The fourth-order valence-electron chi connectivity index (χ4n) is 2.21. The summed E-state index contributed by atoms with van der Waals surface area (Å²) in [6, 6.07) is 13.4. The van der Waals surface area contributed by atoms with Crippen LogP contribution < -0.4 is 5.32 Å². The molecule has 0 bridgehead atoms. The number of nitrogens with zero attached hydrogens (tertiary/aromatic N) is 2. The van der Waals surface area contributed by atoms with Gasteiger partial charge in [0.05, 0.1) is 20.5 Å². The van der Waals surface area contributed by atoms with Crippen LogP contribution in [0.25, 0.3) is 16.3 Å². The van der Waals surface area contributed by atoms with E-state index in [9.17, 15) is 4.79 Å². The maximum atomic E-state index is 12.5. The average Bonchev–Trinajstić information content (AvgIpc) is 3.19. The Hall–Kier alpha value is -2.11. The van der Waals surface area contributed by atoms with Crippen molar-refractivity contribution in [2.24, 2.45) is 0 Å². The van der Waals surface area contributed by atoms with Crippen LogP contribution >= 0.6 is 22.9 Å². The summed E-state index contributed by atoms with van der Waals surface area (Å²) in [4.78, 5) is 13.3. The van der Waals surface area contributed by atoms with Crippen LogP contribution in [0.4, 0.5) is 0 Å². The molecular formula is C17H16ClN3OS. The van der Waals surface area contributed by atoms with Gasteiger partial charge in [0.1, 0.15) is 5.69 Å². The predicted molar refractivity (Wildman–Crippen MR) is 94.5 cm³/mol. The number of thiophene rings is 1. The van der Waals surface area contributed by atoms with Crippen molar-refractivity contribution in [3.05, 3.63) is 58.6 Å². The third-order valence-corrected chi connectivity index (χ3v) is 4.56. The molecule has 23 heavy (non-hydrogen) atoms. The first-order valence-electron chi connectivity index (χ1n) is 7.38. The molecule has 1 N–H and O–H groups in total. The maximum Gasteiger partial charge on any atom is 0.255 e. The molecule has 1 aromatic carbocycles. The van der Waals surface area contributed by atoms with Gasteiger partial charge in [-0.15, -0.1) is 11.3 Å². The van der Waals surface area contributed by atoms with Crippen molar-refractivity contribution in [2.75, 3.05) is 6.54 Å². The second-order valence-corrected chi connectivity index (χ2v) is 6.75. The van der Waals surface area contributed by atoms with Crippen molar-refractivity contribution in [2.45, 2.75) is 13.3 Å². The fourth-order valence-corrected chi connectivity index (χ4v) is 3.25. The molecule has 6 heteroatoms. The summed E-state index contributed by atoms with van der Waals surface area (Å²) in [6.07, 6.45) is 2.65. The third-order valence-electron chi connectivity index (χ3n) is 3.32. The van der Waals surface area contributed by atoms with Crippen molar-refractivity contribution in [1.82, 2.24) is 15.1 Å². The lowest BCUT2D eigenvalue weighted by Crippen LogP contribution is -2.24. The highest BCUT2D eigenvalue weighted by molar-refractivity contribution is 7.19. The summed E-state index contributed by atoms with van der Waals surface area (Å²) < 4.78 is 2.40. The van der Waals surface area contributed by atoms with Crippen molar-refractivity contribution in [1.29, 1.82) is 0 Å². The predicted octanol–water partition coefficient (Wildman–Crippen LogP) is 4.39. The van der Waals surface area contributed by atoms with Crippen LogP contribution in [0.5, 0.6) is 0 Å². The van der Waals surface area contributed by atoms with E-state index in [1.165, 1.54) is 11.3 Å². The van der Waals surface area contributed by atoms with Gasteiger partial charge in [0.15, 0.2) is 0 Å². The zero-order valence-electron chi connectivity index (χ0n) is 12.6. The molecule has 118 valence electrons. The van der Waals surface area contributed by atoms with Crippen LogP contribution in [0.15, 0.2) is 48.7 Å². The van der Waals surface area contributed by atoms with E-state index < -0.39 is 0 Å². The number of hydrogen-bond acceptors (Lipinski definition) is 3. The number of benzene rings is 1. The number of nitrogens with one attached hydrogen (secondary N) is 1. The minimum Gasteiger partial charge on any atom is -0.352 e. The molecular weight excluding hydrogens is 330 g/mol. The summed E-state index contributed by atoms with van der Waals surface area (Å²) in [5.74, 6) is -0.117. The normalized spacial score (nSPS) is 10.7. The molecule has 1 amide bonds. The molecule has 0 radical (unpaired) electrons. The van der Waals surface area contributed by atoms with Gasteiger partial charge in [0.2, 0.25) is 0 Å². The average molecular weight is 346 g/mol. The molecule has 3 rings (SSSR count). The van der Waals surface area contributed by atoms with E-state index in [4.69, 9.17) is 11.6 Å². The molecule has 3 aromatic rings. The first-order chi connectivity index (χ1) is 11.2. The summed E-state index contributed by atoms with van der Waals surface area (Å²) in [7, 11) is 0. The van der Waals surface area contributed by atoms with Crippen LogP contribution in [0.3, 0.4) is 0 Å². The third kappa shape index (κ3) is 3.46. The van der Waals surface area contributed by atoms with E-state index in [1.807, 2.05) is 49.4 Å². The molecule has 0 fully saturated rings. The van der Waals surface area contributed by atoms with Gasteiger partial charge in [0, 0.05) is 12.7 Å². The van der Waals surface area contributed by atoms with Crippen molar-refractivity contribution < 1.29 is 4.79 Å². The zero-order valence-corrected chi connectivity index (χ0v) is 14.2. The Labute approximate surface area is 143 Å². The van der Waals surface area contributed by atoms with Gasteiger partial charge < -0.3 is 5.32 Å². The summed E-state index contributed by atoms with van der Waals surface area (Å²) >= 11 is 7.45. The Balaban J connectivity index is 2.05. The summed E-state index contributed by atoms with van der Waals surface area (Å²) in [6.45, 7) is 2.66. The molecule has 0 atom stereocenters. The Morgan fingerprint density at radius 3 is 2.70 bits per heavy atom. The van der Waals surface area contributed by atoms with E-state index >= 15 is 0 Å². The summed E-state index contributed by atoms with van der Waals surface area (Å²) in [5.41, 5.74) is 2.12. The quantitative estimate of drug-likeness (QED) is 0.745. The van der Waals surface area contributed by atoms with E-state index in [2.05, 4.69) is 10.4 Å². The fraction of sp³-hybridized carbons (Fsp3) is 0.176. The van der Waals surface area contributed by atoms with Gasteiger partial charge in [-0.05, 0) is 30.7 Å². The first kappa shape index (κ1) is 15.8. The number of halogens is 1. The molecule has 0 spiro atoms. The monoisotopic (exact) mass is 345 g/mol. The van der Waals surface area contributed by atoms with Crippen LogP contribution in [0.1, 0.15) is 23.7 Å². The van der Waals surface area contributed by atoms with Crippen molar-refractivity contribution in [3.8, 4) is 16.3 Å². The number of aromatic nitrogens is 2. The van der Waals surface area contributed by atoms with Gasteiger partial charge in [-0.1, -0.05) is 36.7 Å². The topological polar surface area (TPSA) is 46.9 Å². The first-order valence-corrected chi connectivity index (χ1v) is 8.57.